The average Bonchev–Trinajstić information content (AvgIpc) is 2.79. The molecule has 0 aromatic rings. The zero-order chi connectivity index (χ0) is 17.4. The number of hydrogen-bond acceptors (Lipinski definition) is 5. The van der Waals surface area contributed by atoms with Crippen molar-refractivity contribution in [1.29, 1.82) is 0 Å². The molecular weight excluding hydrogens is 314 g/mol. The van der Waals surface area contributed by atoms with Crippen LogP contribution in [0.1, 0.15) is 39.5 Å². The number of cyclic esters (lactones) is 1. The Morgan fingerprint density at radius 3 is 2.75 bits per heavy atom. The van der Waals surface area contributed by atoms with Crippen LogP contribution in [0, 0.1) is 29.6 Å². The van der Waals surface area contributed by atoms with Gasteiger partial charge < -0.3 is 19.9 Å². The summed E-state index contributed by atoms with van der Waals surface area (Å²) in [6.07, 6.45) is 2.06. The summed E-state index contributed by atoms with van der Waals surface area (Å²) in [6.45, 7) is 3.87. The number of fused-ring (bicyclic) bond motifs is 2. The van der Waals surface area contributed by atoms with Crippen molar-refractivity contribution < 1.29 is 29.0 Å². The number of carboxylic acids is 1. The molecule has 3 fully saturated rings. The van der Waals surface area contributed by atoms with E-state index in [4.69, 9.17) is 9.47 Å². The van der Waals surface area contributed by atoms with Gasteiger partial charge in [0, 0.05) is 12.0 Å². The van der Waals surface area contributed by atoms with Gasteiger partial charge in [-0.15, -0.1) is 0 Å². The van der Waals surface area contributed by atoms with E-state index in [2.05, 4.69) is 5.32 Å². The van der Waals surface area contributed by atoms with Gasteiger partial charge in [0.25, 0.3) is 0 Å². The molecule has 7 atom stereocenters. The zero-order valence-corrected chi connectivity index (χ0v) is 14.1. The molecule has 2 aliphatic carbocycles. The lowest BCUT2D eigenvalue weighted by atomic mass is 9.57. The molecule has 7 heteroatoms. The van der Waals surface area contributed by atoms with Crippen LogP contribution in [0.2, 0.25) is 0 Å². The molecule has 24 heavy (non-hydrogen) atoms. The molecule has 0 bridgehead atoms. The van der Waals surface area contributed by atoms with Gasteiger partial charge in [-0.1, -0.05) is 0 Å². The molecule has 0 radical (unpaired) electrons. The fourth-order valence-corrected chi connectivity index (χ4v) is 5.09. The minimum Gasteiger partial charge on any atom is -0.481 e. The second-order valence-electron chi connectivity index (χ2n) is 7.22. The van der Waals surface area contributed by atoms with Crippen LogP contribution >= 0.6 is 0 Å². The van der Waals surface area contributed by atoms with E-state index in [0.717, 1.165) is 12.8 Å². The summed E-state index contributed by atoms with van der Waals surface area (Å²) in [6, 6.07) is -0.0221. The summed E-state index contributed by atoms with van der Waals surface area (Å²) in [7, 11) is 0. The Morgan fingerprint density at radius 1 is 1.33 bits per heavy atom. The normalized spacial score (nSPS) is 40.9. The van der Waals surface area contributed by atoms with E-state index in [1.54, 1.807) is 13.8 Å². The van der Waals surface area contributed by atoms with Gasteiger partial charge in [0.2, 0.25) is 0 Å². The Balaban J connectivity index is 1.74. The number of amides is 1. The third-order valence-corrected chi connectivity index (χ3v) is 5.97. The Hall–Kier alpha value is -1.79. The quantitative estimate of drug-likeness (QED) is 0.760. The SMILES string of the molecule is CCOC(=O)NC1CCC2C(C1)CC1C(=O)OC(C)C1C2C(=O)O. The first kappa shape index (κ1) is 17.0. The first-order valence-electron chi connectivity index (χ1n) is 8.79. The Morgan fingerprint density at radius 2 is 2.08 bits per heavy atom. The van der Waals surface area contributed by atoms with Crippen molar-refractivity contribution in [3.05, 3.63) is 0 Å². The van der Waals surface area contributed by atoms with Gasteiger partial charge in [0.05, 0.1) is 18.4 Å². The maximum Gasteiger partial charge on any atom is 0.407 e. The lowest BCUT2D eigenvalue weighted by Crippen LogP contribution is -2.51. The Kier molecular flexibility index (Phi) is 4.69. The summed E-state index contributed by atoms with van der Waals surface area (Å²) >= 11 is 0. The van der Waals surface area contributed by atoms with Crippen LogP contribution in [0.4, 0.5) is 4.79 Å². The number of ether oxygens (including phenoxy) is 2. The summed E-state index contributed by atoms with van der Waals surface area (Å²) in [5.41, 5.74) is 0. The van der Waals surface area contributed by atoms with Crippen molar-refractivity contribution in [2.24, 2.45) is 29.6 Å². The van der Waals surface area contributed by atoms with Crippen LogP contribution in [0.25, 0.3) is 0 Å². The number of aliphatic carboxylic acids is 1. The summed E-state index contributed by atoms with van der Waals surface area (Å²) < 4.78 is 10.2. The zero-order valence-electron chi connectivity index (χ0n) is 14.1. The number of nitrogens with one attached hydrogen (secondary N) is 1. The lowest BCUT2D eigenvalue weighted by Gasteiger charge is -2.46. The highest BCUT2D eigenvalue weighted by molar-refractivity contribution is 5.79. The number of carbonyl (C=O) groups excluding carboxylic acids is 2. The highest BCUT2D eigenvalue weighted by Gasteiger charge is 2.57. The Bertz CT molecular complexity index is 535. The van der Waals surface area contributed by atoms with Crippen molar-refractivity contribution in [2.45, 2.75) is 51.7 Å². The molecule has 0 spiro atoms. The largest absolute Gasteiger partial charge is 0.481 e. The summed E-state index contributed by atoms with van der Waals surface area (Å²) in [5.74, 6) is -2.04. The monoisotopic (exact) mass is 339 g/mol. The molecule has 1 aliphatic heterocycles. The predicted molar refractivity (Wildman–Crippen MR) is 83.1 cm³/mol. The molecule has 7 nitrogen and oxygen atoms in total. The first-order chi connectivity index (χ1) is 11.4. The molecule has 0 aromatic carbocycles. The van der Waals surface area contributed by atoms with Crippen molar-refractivity contribution in [1.82, 2.24) is 5.32 Å². The van der Waals surface area contributed by atoms with E-state index in [0.29, 0.717) is 19.4 Å². The molecule has 1 amide bonds. The number of esters is 1. The van der Waals surface area contributed by atoms with Gasteiger partial charge in [0.15, 0.2) is 0 Å². The standard InChI is InChI=1S/C17H25NO6/c1-3-23-17(22)18-10-4-5-11-9(6-10)7-12-13(14(11)15(19)20)8(2)24-16(12)21/h8-14H,3-7H2,1-2H3,(H,18,22)(H,19,20). The molecule has 134 valence electrons. The second kappa shape index (κ2) is 6.61. The van der Waals surface area contributed by atoms with E-state index < -0.39 is 18.0 Å². The molecular formula is C17H25NO6. The second-order valence-corrected chi connectivity index (χ2v) is 7.22. The van der Waals surface area contributed by atoms with Crippen LogP contribution in [-0.4, -0.2) is 41.9 Å². The predicted octanol–water partition coefficient (Wildman–Crippen LogP) is 1.80. The molecule has 1 saturated heterocycles. The van der Waals surface area contributed by atoms with Gasteiger partial charge in [-0.25, -0.2) is 4.79 Å². The van der Waals surface area contributed by atoms with Crippen LogP contribution < -0.4 is 5.32 Å². The molecule has 2 saturated carbocycles. The molecule has 3 aliphatic rings. The number of rotatable bonds is 3. The lowest BCUT2D eigenvalue weighted by molar-refractivity contribution is -0.153. The molecule has 3 rings (SSSR count). The number of hydrogen-bond donors (Lipinski definition) is 2. The van der Waals surface area contributed by atoms with E-state index in [1.807, 2.05) is 0 Å². The fraction of sp³-hybridized carbons (Fsp3) is 0.824. The number of carboxylic acid groups (broad SMARTS) is 1. The summed E-state index contributed by atoms with van der Waals surface area (Å²) in [5, 5.41) is 12.6. The third kappa shape index (κ3) is 2.96. The maximum atomic E-state index is 12.1. The highest BCUT2D eigenvalue weighted by Crippen LogP contribution is 2.53. The van der Waals surface area contributed by atoms with Crippen LogP contribution in [0.15, 0.2) is 0 Å². The topological polar surface area (TPSA) is 102 Å². The maximum absolute atomic E-state index is 12.1. The molecule has 7 unspecified atom stereocenters. The minimum atomic E-state index is -0.832. The van der Waals surface area contributed by atoms with E-state index in [1.165, 1.54) is 0 Å². The van der Waals surface area contributed by atoms with Crippen molar-refractivity contribution in [3.63, 3.8) is 0 Å². The molecule has 0 aromatic heterocycles. The van der Waals surface area contributed by atoms with Gasteiger partial charge in [-0.2, -0.15) is 0 Å². The van der Waals surface area contributed by atoms with Gasteiger partial charge in [-0.05, 0) is 51.4 Å². The molecule has 1 heterocycles. The van der Waals surface area contributed by atoms with Crippen molar-refractivity contribution in [2.75, 3.05) is 6.61 Å². The van der Waals surface area contributed by atoms with Crippen molar-refractivity contribution >= 4 is 18.0 Å². The minimum absolute atomic E-state index is 0.0221. The van der Waals surface area contributed by atoms with Crippen LogP contribution in [-0.2, 0) is 19.1 Å². The molecule has 2 N–H and O–H groups in total. The first-order valence-corrected chi connectivity index (χ1v) is 8.79. The van der Waals surface area contributed by atoms with Crippen LogP contribution in [0.3, 0.4) is 0 Å². The fourth-order valence-electron chi connectivity index (χ4n) is 5.09. The Labute approximate surface area is 141 Å². The van der Waals surface area contributed by atoms with E-state index in [9.17, 15) is 19.5 Å². The average molecular weight is 339 g/mol. The van der Waals surface area contributed by atoms with E-state index in [-0.39, 0.29) is 41.8 Å². The highest BCUT2D eigenvalue weighted by atomic mass is 16.6. The van der Waals surface area contributed by atoms with Gasteiger partial charge in [0.1, 0.15) is 6.10 Å². The third-order valence-electron chi connectivity index (χ3n) is 5.97. The van der Waals surface area contributed by atoms with Gasteiger partial charge >= 0.3 is 18.0 Å². The smallest absolute Gasteiger partial charge is 0.407 e. The summed E-state index contributed by atoms with van der Waals surface area (Å²) in [4.78, 5) is 35.6. The number of carbonyl (C=O) groups is 3. The van der Waals surface area contributed by atoms with Crippen LogP contribution in [0.5, 0.6) is 0 Å². The number of alkyl carbamates (subject to hydrolysis) is 1. The van der Waals surface area contributed by atoms with Crippen molar-refractivity contribution in [3.8, 4) is 0 Å². The van der Waals surface area contributed by atoms with Gasteiger partial charge in [-0.3, -0.25) is 9.59 Å². The van der Waals surface area contributed by atoms with E-state index >= 15 is 0 Å².